The number of rotatable bonds is 2. The van der Waals surface area contributed by atoms with Gasteiger partial charge in [0.15, 0.2) is 5.82 Å². The van der Waals surface area contributed by atoms with Crippen LogP contribution >= 0.6 is 0 Å². The molecule has 1 aliphatic heterocycles. The minimum absolute atomic E-state index is 0.307. The van der Waals surface area contributed by atoms with E-state index in [1.165, 1.54) is 4.90 Å². The molecular weight excluding hydrogens is 272 g/mol. The molecular formula is C14H14N4O3. The number of carbonyl (C=O) groups is 2. The van der Waals surface area contributed by atoms with E-state index in [0.29, 0.717) is 17.9 Å². The average molecular weight is 286 g/mol. The van der Waals surface area contributed by atoms with Crippen molar-refractivity contribution in [2.75, 3.05) is 10.2 Å². The van der Waals surface area contributed by atoms with E-state index in [-0.39, 0.29) is 0 Å². The minimum atomic E-state index is -1.03. The maximum absolute atomic E-state index is 12.4. The molecule has 0 saturated heterocycles. The van der Waals surface area contributed by atoms with Crippen molar-refractivity contribution in [1.82, 2.24) is 9.78 Å². The lowest BCUT2D eigenvalue weighted by Gasteiger charge is -2.22. The molecule has 1 aromatic heterocycles. The van der Waals surface area contributed by atoms with Gasteiger partial charge in [0, 0.05) is 31.4 Å². The van der Waals surface area contributed by atoms with Crippen LogP contribution in [-0.2, 0) is 18.3 Å². The zero-order valence-corrected chi connectivity index (χ0v) is 11.4. The van der Waals surface area contributed by atoms with Crippen molar-refractivity contribution in [2.45, 2.75) is 12.5 Å². The third-order valence-corrected chi connectivity index (χ3v) is 3.43. The maximum atomic E-state index is 12.4. The summed E-state index contributed by atoms with van der Waals surface area (Å²) in [5.41, 5.74) is 1.47. The number of aryl methyl sites for hydroxylation is 1. The molecule has 7 heteroatoms. The Morgan fingerprint density at radius 2 is 2.10 bits per heavy atom. The van der Waals surface area contributed by atoms with Gasteiger partial charge in [-0.1, -0.05) is 18.2 Å². The van der Waals surface area contributed by atoms with Gasteiger partial charge in [-0.2, -0.15) is 5.10 Å². The van der Waals surface area contributed by atoms with Crippen LogP contribution in [0.5, 0.6) is 0 Å². The van der Waals surface area contributed by atoms with Crippen molar-refractivity contribution >= 4 is 23.5 Å². The molecule has 0 saturated carbocycles. The van der Waals surface area contributed by atoms with E-state index in [1.54, 1.807) is 36.1 Å². The van der Waals surface area contributed by atoms with Gasteiger partial charge in [-0.15, -0.1) is 0 Å². The molecule has 0 fully saturated rings. The first-order chi connectivity index (χ1) is 10.1. The van der Waals surface area contributed by atoms with Gasteiger partial charge in [0.25, 0.3) is 0 Å². The van der Waals surface area contributed by atoms with Gasteiger partial charge in [0.2, 0.25) is 0 Å². The molecule has 21 heavy (non-hydrogen) atoms. The smallest absolute Gasteiger partial charge is 0.328 e. The maximum Gasteiger partial charge on any atom is 0.328 e. The number of aliphatic carboxylic acids is 1. The SMILES string of the molecule is Cn1ccc(NC(=O)N2c3ccccc3C[C@H]2C(=O)O)n1. The first-order valence-corrected chi connectivity index (χ1v) is 6.47. The summed E-state index contributed by atoms with van der Waals surface area (Å²) < 4.78 is 1.56. The fourth-order valence-electron chi connectivity index (χ4n) is 2.49. The van der Waals surface area contributed by atoms with Crippen LogP contribution in [0, 0.1) is 0 Å². The van der Waals surface area contributed by atoms with Crippen LogP contribution in [0.2, 0.25) is 0 Å². The summed E-state index contributed by atoms with van der Waals surface area (Å²) in [7, 11) is 1.74. The molecule has 0 aliphatic carbocycles. The summed E-state index contributed by atoms with van der Waals surface area (Å²) in [5, 5.41) is 16.0. The monoisotopic (exact) mass is 286 g/mol. The van der Waals surface area contributed by atoms with Crippen LogP contribution in [0.1, 0.15) is 5.56 Å². The number of anilines is 2. The second-order valence-corrected chi connectivity index (χ2v) is 4.86. The summed E-state index contributed by atoms with van der Waals surface area (Å²) in [6, 6.07) is 7.45. The molecule has 0 radical (unpaired) electrons. The molecule has 2 N–H and O–H groups in total. The number of fused-ring (bicyclic) bond motifs is 1. The molecule has 1 atom stereocenters. The Bertz CT molecular complexity index is 710. The van der Waals surface area contributed by atoms with E-state index >= 15 is 0 Å². The van der Waals surface area contributed by atoms with Crippen molar-refractivity contribution in [2.24, 2.45) is 7.05 Å². The van der Waals surface area contributed by atoms with Gasteiger partial charge < -0.3 is 5.11 Å². The zero-order chi connectivity index (χ0) is 15.0. The summed E-state index contributed by atoms with van der Waals surface area (Å²) in [6.07, 6.45) is 2.00. The zero-order valence-electron chi connectivity index (χ0n) is 11.4. The quantitative estimate of drug-likeness (QED) is 0.875. The minimum Gasteiger partial charge on any atom is -0.480 e. The number of nitrogens with zero attached hydrogens (tertiary/aromatic N) is 3. The molecule has 3 rings (SSSR count). The number of hydrogen-bond donors (Lipinski definition) is 2. The fourth-order valence-corrected chi connectivity index (χ4v) is 2.49. The third kappa shape index (κ3) is 2.33. The largest absolute Gasteiger partial charge is 0.480 e. The molecule has 0 unspecified atom stereocenters. The molecule has 1 aliphatic rings. The number of carboxylic acid groups (broad SMARTS) is 1. The fraction of sp³-hybridized carbons (Fsp3) is 0.214. The average Bonchev–Trinajstić information content (AvgIpc) is 3.02. The van der Waals surface area contributed by atoms with E-state index in [4.69, 9.17) is 0 Å². The lowest BCUT2D eigenvalue weighted by molar-refractivity contribution is -0.138. The number of carbonyl (C=O) groups excluding carboxylic acids is 1. The van der Waals surface area contributed by atoms with Crippen molar-refractivity contribution in [3.63, 3.8) is 0 Å². The molecule has 2 amide bonds. The van der Waals surface area contributed by atoms with Crippen molar-refractivity contribution < 1.29 is 14.7 Å². The number of nitrogens with one attached hydrogen (secondary N) is 1. The second kappa shape index (κ2) is 4.93. The van der Waals surface area contributed by atoms with Crippen LogP contribution in [0.25, 0.3) is 0 Å². The van der Waals surface area contributed by atoms with Gasteiger partial charge in [0.1, 0.15) is 6.04 Å². The Hall–Kier alpha value is -2.83. The highest BCUT2D eigenvalue weighted by atomic mass is 16.4. The van der Waals surface area contributed by atoms with E-state index in [0.717, 1.165) is 5.56 Å². The molecule has 1 aromatic carbocycles. The van der Waals surface area contributed by atoms with Gasteiger partial charge in [-0.05, 0) is 11.6 Å². The predicted octanol–water partition coefficient (Wildman–Crippen LogP) is 1.47. The number of para-hydroxylation sites is 1. The highest BCUT2D eigenvalue weighted by Gasteiger charge is 2.38. The van der Waals surface area contributed by atoms with Crippen molar-refractivity contribution in [3.05, 3.63) is 42.1 Å². The lowest BCUT2D eigenvalue weighted by atomic mass is 10.1. The molecule has 0 spiro atoms. The third-order valence-electron chi connectivity index (χ3n) is 3.43. The Morgan fingerprint density at radius 1 is 1.33 bits per heavy atom. The number of amides is 2. The van der Waals surface area contributed by atoms with Crippen LogP contribution in [0.15, 0.2) is 36.5 Å². The van der Waals surface area contributed by atoms with Gasteiger partial charge in [-0.25, -0.2) is 9.59 Å². The first-order valence-electron chi connectivity index (χ1n) is 6.47. The normalized spacial score (nSPS) is 16.6. The number of carboxylic acids is 1. The highest BCUT2D eigenvalue weighted by molar-refractivity contribution is 6.07. The van der Waals surface area contributed by atoms with Gasteiger partial charge in [0.05, 0.1) is 0 Å². The summed E-state index contributed by atoms with van der Waals surface area (Å²) in [4.78, 5) is 25.1. The number of urea groups is 1. The summed E-state index contributed by atoms with van der Waals surface area (Å²) in [5.74, 6) is -0.640. The Labute approximate surface area is 120 Å². The van der Waals surface area contributed by atoms with Crippen molar-refractivity contribution in [1.29, 1.82) is 0 Å². The molecule has 7 nitrogen and oxygen atoms in total. The van der Waals surface area contributed by atoms with Gasteiger partial charge >= 0.3 is 12.0 Å². The molecule has 108 valence electrons. The van der Waals surface area contributed by atoms with Crippen LogP contribution < -0.4 is 10.2 Å². The number of benzene rings is 1. The van der Waals surface area contributed by atoms with Crippen LogP contribution in [-0.4, -0.2) is 32.9 Å². The van der Waals surface area contributed by atoms with E-state index in [2.05, 4.69) is 10.4 Å². The Balaban J connectivity index is 1.90. The van der Waals surface area contributed by atoms with Crippen molar-refractivity contribution in [3.8, 4) is 0 Å². The second-order valence-electron chi connectivity index (χ2n) is 4.86. The summed E-state index contributed by atoms with van der Waals surface area (Å²) in [6.45, 7) is 0. The first kappa shape index (κ1) is 13.2. The molecule has 2 aromatic rings. The molecule has 0 bridgehead atoms. The summed E-state index contributed by atoms with van der Waals surface area (Å²) >= 11 is 0. The number of hydrogen-bond acceptors (Lipinski definition) is 3. The number of aromatic nitrogens is 2. The standard InChI is InChI=1S/C14H14N4O3/c1-17-7-6-12(16-17)15-14(21)18-10-5-3-2-4-9(10)8-11(18)13(19)20/h2-7,11H,8H2,1H3,(H,19,20)(H,15,16,21)/t11-/m0/s1. The van der Waals surface area contributed by atoms with E-state index in [1.807, 2.05) is 12.1 Å². The topological polar surface area (TPSA) is 87.5 Å². The predicted molar refractivity (Wildman–Crippen MR) is 76.3 cm³/mol. The Kier molecular flexibility index (Phi) is 3.09. The highest BCUT2D eigenvalue weighted by Crippen LogP contribution is 2.32. The van der Waals surface area contributed by atoms with E-state index in [9.17, 15) is 14.7 Å². The molecule has 2 heterocycles. The van der Waals surface area contributed by atoms with Crippen LogP contribution in [0.3, 0.4) is 0 Å². The van der Waals surface area contributed by atoms with E-state index < -0.39 is 18.0 Å². The Morgan fingerprint density at radius 3 is 2.76 bits per heavy atom. The van der Waals surface area contributed by atoms with Crippen LogP contribution in [0.4, 0.5) is 16.3 Å². The van der Waals surface area contributed by atoms with Gasteiger partial charge in [-0.3, -0.25) is 14.9 Å². The lowest BCUT2D eigenvalue weighted by Crippen LogP contribution is -2.45.